The van der Waals surface area contributed by atoms with Crippen LogP contribution in [0.1, 0.15) is 13.3 Å². The van der Waals surface area contributed by atoms with Crippen LogP contribution in [0.2, 0.25) is 0 Å². The summed E-state index contributed by atoms with van der Waals surface area (Å²) < 4.78 is 21.9. The van der Waals surface area contributed by atoms with E-state index in [1.807, 2.05) is 18.2 Å². The molecule has 5 nitrogen and oxygen atoms in total. The highest BCUT2D eigenvalue weighted by Gasteiger charge is 2.01. The van der Waals surface area contributed by atoms with Crippen LogP contribution >= 0.6 is 0 Å². The maximum absolute atomic E-state index is 10.9. The summed E-state index contributed by atoms with van der Waals surface area (Å²) in [7, 11) is -2.90. The molecule has 0 fully saturated rings. The molecule has 0 radical (unpaired) electrons. The van der Waals surface area contributed by atoms with Gasteiger partial charge in [-0.25, -0.2) is 8.42 Å². The van der Waals surface area contributed by atoms with Gasteiger partial charge in [-0.15, -0.1) is 0 Å². The average Bonchev–Trinajstić information content (AvgIpc) is 2.23. The van der Waals surface area contributed by atoms with E-state index in [-0.39, 0.29) is 11.7 Å². The summed E-state index contributed by atoms with van der Waals surface area (Å²) in [5.74, 6) is 0.0509. The van der Waals surface area contributed by atoms with Gasteiger partial charge in [0.05, 0.1) is 5.75 Å². The zero-order valence-corrected chi connectivity index (χ0v) is 11.4. The molecular weight excluding hydrogens is 252 g/mol. The van der Waals surface area contributed by atoms with E-state index in [0.717, 1.165) is 11.4 Å². The second kappa shape index (κ2) is 6.39. The molecular formula is C12H18N2O3S. The Morgan fingerprint density at radius 1 is 1.28 bits per heavy atom. The van der Waals surface area contributed by atoms with Gasteiger partial charge in [-0.05, 0) is 24.6 Å². The molecule has 0 saturated carbocycles. The lowest BCUT2D eigenvalue weighted by molar-refractivity contribution is -0.114. The molecule has 0 spiro atoms. The molecule has 0 aliphatic carbocycles. The Hall–Kier alpha value is -1.56. The Labute approximate surface area is 108 Å². The van der Waals surface area contributed by atoms with Crippen LogP contribution in [0.4, 0.5) is 11.4 Å². The number of rotatable bonds is 6. The van der Waals surface area contributed by atoms with Gasteiger partial charge < -0.3 is 10.6 Å². The van der Waals surface area contributed by atoms with Gasteiger partial charge in [0, 0.05) is 31.1 Å². The third kappa shape index (κ3) is 6.24. The first-order chi connectivity index (χ1) is 8.37. The Bertz CT molecular complexity index is 512. The minimum absolute atomic E-state index is 0.121. The normalized spacial score (nSPS) is 11.0. The van der Waals surface area contributed by atoms with Gasteiger partial charge in [0.1, 0.15) is 9.84 Å². The summed E-state index contributed by atoms with van der Waals surface area (Å²) in [6.45, 7) is 2.03. The molecule has 0 atom stereocenters. The van der Waals surface area contributed by atoms with Crippen molar-refractivity contribution in [2.75, 3.05) is 29.2 Å². The molecule has 1 rings (SSSR count). The first-order valence-corrected chi connectivity index (χ1v) is 7.72. The van der Waals surface area contributed by atoms with Gasteiger partial charge >= 0.3 is 0 Å². The van der Waals surface area contributed by atoms with Crippen molar-refractivity contribution < 1.29 is 13.2 Å². The van der Waals surface area contributed by atoms with Crippen molar-refractivity contribution in [1.82, 2.24) is 0 Å². The van der Waals surface area contributed by atoms with Crippen molar-refractivity contribution in [2.24, 2.45) is 0 Å². The molecule has 1 aromatic rings. The van der Waals surface area contributed by atoms with Crippen molar-refractivity contribution in [3.05, 3.63) is 24.3 Å². The van der Waals surface area contributed by atoms with Crippen molar-refractivity contribution >= 4 is 27.1 Å². The zero-order valence-electron chi connectivity index (χ0n) is 10.6. The minimum atomic E-state index is -2.90. The zero-order chi connectivity index (χ0) is 13.6. The molecule has 0 aliphatic rings. The van der Waals surface area contributed by atoms with Gasteiger partial charge in [-0.3, -0.25) is 4.79 Å². The predicted octanol–water partition coefficient (Wildman–Crippen LogP) is 1.49. The number of benzene rings is 1. The van der Waals surface area contributed by atoms with Gasteiger partial charge in [0.15, 0.2) is 0 Å². The standard InChI is InChI=1S/C12H18N2O3S/c1-10(15)14-12-6-3-5-11(9-12)13-7-4-8-18(2,16)17/h3,5-6,9,13H,4,7-8H2,1-2H3,(H,14,15). The summed E-state index contributed by atoms with van der Waals surface area (Å²) in [4.78, 5) is 10.9. The molecule has 0 aromatic heterocycles. The van der Waals surface area contributed by atoms with E-state index in [0.29, 0.717) is 13.0 Å². The molecule has 18 heavy (non-hydrogen) atoms. The summed E-state index contributed by atoms with van der Waals surface area (Å²) in [6, 6.07) is 7.29. The molecule has 1 amide bonds. The van der Waals surface area contributed by atoms with E-state index in [1.54, 1.807) is 6.07 Å². The van der Waals surface area contributed by atoms with Crippen LogP contribution in [0, 0.1) is 0 Å². The van der Waals surface area contributed by atoms with Crippen LogP contribution in [0.15, 0.2) is 24.3 Å². The Balaban J connectivity index is 2.45. The van der Waals surface area contributed by atoms with E-state index < -0.39 is 9.84 Å². The van der Waals surface area contributed by atoms with Crippen LogP contribution < -0.4 is 10.6 Å². The van der Waals surface area contributed by atoms with Crippen LogP contribution in [-0.2, 0) is 14.6 Å². The molecule has 6 heteroatoms. The number of hydrogen-bond donors (Lipinski definition) is 2. The molecule has 0 unspecified atom stereocenters. The Kier molecular flexibility index (Phi) is 5.15. The molecule has 0 saturated heterocycles. The lowest BCUT2D eigenvalue weighted by Crippen LogP contribution is -2.10. The number of anilines is 2. The number of hydrogen-bond acceptors (Lipinski definition) is 4. The molecule has 0 aliphatic heterocycles. The fourth-order valence-corrected chi connectivity index (χ4v) is 2.15. The third-order valence-electron chi connectivity index (χ3n) is 2.20. The number of nitrogens with one attached hydrogen (secondary N) is 2. The summed E-state index contributed by atoms with van der Waals surface area (Å²) >= 11 is 0. The number of carbonyl (C=O) groups excluding carboxylic acids is 1. The van der Waals surface area contributed by atoms with Crippen LogP contribution in [0.5, 0.6) is 0 Å². The predicted molar refractivity (Wildman–Crippen MR) is 73.6 cm³/mol. The molecule has 100 valence electrons. The molecule has 0 bridgehead atoms. The van der Waals surface area contributed by atoms with Crippen LogP contribution in [0.3, 0.4) is 0 Å². The number of amides is 1. The van der Waals surface area contributed by atoms with Crippen LogP contribution in [-0.4, -0.2) is 32.9 Å². The largest absolute Gasteiger partial charge is 0.385 e. The quantitative estimate of drug-likeness (QED) is 0.768. The molecule has 2 N–H and O–H groups in total. The Morgan fingerprint density at radius 3 is 2.56 bits per heavy atom. The monoisotopic (exact) mass is 270 g/mol. The summed E-state index contributed by atoms with van der Waals surface area (Å²) in [5.41, 5.74) is 1.57. The van der Waals surface area contributed by atoms with Crippen LogP contribution in [0.25, 0.3) is 0 Å². The first-order valence-electron chi connectivity index (χ1n) is 5.66. The second-order valence-corrected chi connectivity index (χ2v) is 6.43. The van der Waals surface area contributed by atoms with Crippen molar-refractivity contribution in [3.8, 4) is 0 Å². The van der Waals surface area contributed by atoms with Gasteiger partial charge in [-0.2, -0.15) is 0 Å². The van der Waals surface area contributed by atoms with E-state index in [4.69, 9.17) is 0 Å². The SMILES string of the molecule is CC(=O)Nc1cccc(NCCCS(C)(=O)=O)c1. The summed E-state index contributed by atoms with van der Waals surface area (Å²) in [6.07, 6.45) is 1.79. The second-order valence-electron chi connectivity index (χ2n) is 4.17. The lowest BCUT2D eigenvalue weighted by atomic mass is 10.2. The fraction of sp³-hybridized carbons (Fsp3) is 0.417. The van der Waals surface area contributed by atoms with Gasteiger partial charge in [0.25, 0.3) is 0 Å². The van der Waals surface area contributed by atoms with E-state index >= 15 is 0 Å². The highest BCUT2D eigenvalue weighted by molar-refractivity contribution is 7.90. The fourth-order valence-electron chi connectivity index (χ4n) is 1.48. The molecule has 0 heterocycles. The van der Waals surface area contributed by atoms with E-state index in [2.05, 4.69) is 10.6 Å². The van der Waals surface area contributed by atoms with E-state index in [1.165, 1.54) is 13.2 Å². The average molecular weight is 270 g/mol. The maximum atomic E-state index is 10.9. The van der Waals surface area contributed by atoms with Crippen molar-refractivity contribution in [2.45, 2.75) is 13.3 Å². The maximum Gasteiger partial charge on any atom is 0.221 e. The van der Waals surface area contributed by atoms with Crippen molar-refractivity contribution in [1.29, 1.82) is 0 Å². The van der Waals surface area contributed by atoms with Gasteiger partial charge in [-0.1, -0.05) is 6.07 Å². The number of carbonyl (C=O) groups is 1. The molecule has 1 aromatic carbocycles. The first kappa shape index (κ1) is 14.5. The third-order valence-corrected chi connectivity index (χ3v) is 3.23. The highest BCUT2D eigenvalue weighted by Crippen LogP contribution is 2.14. The lowest BCUT2D eigenvalue weighted by Gasteiger charge is -2.08. The highest BCUT2D eigenvalue weighted by atomic mass is 32.2. The van der Waals surface area contributed by atoms with Crippen molar-refractivity contribution in [3.63, 3.8) is 0 Å². The topological polar surface area (TPSA) is 75.3 Å². The smallest absolute Gasteiger partial charge is 0.221 e. The number of sulfone groups is 1. The van der Waals surface area contributed by atoms with Gasteiger partial charge in [0.2, 0.25) is 5.91 Å². The minimum Gasteiger partial charge on any atom is -0.385 e. The van der Waals surface area contributed by atoms with E-state index in [9.17, 15) is 13.2 Å². The summed E-state index contributed by atoms with van der Waals surface area (Å²) in [5, 5.41) is 5.80. The Morgan fingerprint density at radius 2 is 1.94 bits per heavy atom.